The Morgan fingerprint density at radius 3 is 1.81 bits per heavy atom. The third-order valence-corrected chi connectivity index (χ3v) is 4.36. The molecule has 0 aliphatic carbocycles. The van der Waals surface area contributed by atoms with Crippen LogP contribution in [0.2, 0.25) is 0 Å². The first-order valence-corrected chi connectivity index (χ1v) is 8.68. The number of aromatic nitrogens is 2. The molecule has 0 saturated heterocycles. The van der Waals surface area contributed by atoms with Crippen molar-refractivity contribution in [3.05, 3.63) is 84.2 Å². The lowest BCUT2D eigenvalue weighted by atomic mass is 9.85. The summed E-state index contributed by atoms with van der Waals surface area (Å²) < 4.78 is 0. The molecule has 3 aromatic rings. The molecule has 6 heteroatoms. The zero-order chi connectivity index (χ0) is 19.3. The van der Waals surface area contributed by atoms with E-state index in [0.29, 0.717) is 11.6 Å². The van der Waals surface area contributed by atoms with E-state index >= 15 is 0 Å². The number of hydrogen-bond donors (Lipinski definition) is 2. The van der Waals surface area contributed by atoms with E-state index in [1.54, 1.807) is 17.3 Å². The van der Waals surface area contributed by atoms with Crippen LogP contribution >= 0.6 is 0 Å². The molecule has 3 rings (SSSR count). The van der Waals surface area contributed by atoms with Crippen molar-refractivity contribution in [2.75, 3.05) is 24.3 Å². The van der Waals surface area contributed by atoms with E-state index < -0.39 is 5.54 Å². The molecule has 0 saturated carbocycles. The number of nitrogens with zero attached hydrogens (tertiary/aromatic N) is 3. The van der Waals surface area contributed by atoms with Gasteiger partial charge in [-0.3, -0.25) is 0 Å². The van der Waals surface area contributed by atoms with E-state index in [4.69, 9.17) is 0 Å². The Labute approximate surface area is 159 Å². The lowest BCUT2D eigenvalue weighted by molar-refractivity contribution is 0.244. The average Bonchev–Trinajstić information content (AvgIpc) is 2.69. The molecule has 2 amide bonds. The lowest BCUT2D eigenvalue weighted by Gasteiger charge is -2.32. The van der Waals surface area contributed by atoms with Crippen molar-refractivity contribution >= 4 is 17.7 Å². The van der Waals surface area contributed by atoms with Crippen molar-refractivity contribution in [3.63, 3.8) is 0 Å². The first-order valence-electron chi connectivity index (χ1n) is 8.68. The Hall–Kier alpha value is -3.41. The summed E-state index contributed by atoms with van der Waals surface area (Å²) in [5.41, 5.74) is 1.83. The van der Waals surface area contributed by atoms with E-state index in [0.717, 1.165) is 11.1 Å². The summed E-state index contributed by atoms with van der Waals surface area (Å²) in [6.07, 6.45) is 3.18. The molecule has 2 aromatic carbocycles. The Kier molecular flexibility index (Phi) is 5.35. The minimum absolute atomic E-state index is 0.327. The number of rotatable bonds is 5. The van der Waals surface area contributed by atoms with Crippen LogP contribution < -0.4 is 15.5 Å². The Balaban J connectivity index is 1.83. The van der Waals surface area contributed by atoms with Crippen molar-refractivity contribution in [2.24, 2.45) is 0 Å². The van der Waals surface area contributed by atoms with Gasteiger partial charge in [-0.1, -0.05) is 60.7 Å². The Morgan fingerprint density at radius 1 is 0.889 bits per heavy atom. The molecule has 0 atom stereocenters. The van der Waals surface area contributed by atoms with Gasteiger partial charge in [0.1, 0.15) is 0 Å². The fourth-order valence-electron chi connectivity index (χ4n) is 2.86. The summed E-state index contributed by atoms with van der Waals surface area (Å²) in [4.78, 5) is 22.9. The molecule has 138 valence electrons. The van der Waals surface area contributed by atoms with Crippen LogP contribution in [0, 0.1) is 0 Å². The van der Waals surface area contributed by atoms with Crippen LogP contribution in [-0.4, -0.2) is 30.1 Å². The van der Waals surface area contributed by atoms with E-state index in [1.165, 1.54) is 0 Å². The fourth-order valence-corrected chi connectivity index (χ4v) is 2.86. The standard InChI is InChI=1S/C21H23N5O/c1-21(16-10-6-4-7-11-16,17-12-8-5-9-13-17)25-20(27)24-18-14-22-19(23-15-18)26(2)3/h4-15H,1-3H3,(H2,24,25,27). The maximum absolute atomic E-state index is 12.7. The van der Waals surface area contributed by atoms with Crippen LogP contribution in [0.4, 0.5) is 16.4 Å². The second kappa shape index (κ2) is 7.86. The maximum atomic E-state index is 12.7. The van der Waals surface area contributed by atoms with Gasteiger partial charge in [0.2, 0.25) is 5.95 Å². The topological polar surface area (TPSA) is 70.2 Å². The SMILES string of the molecule is CN(C)c1ncc(NC(=O)NC(C)(c2ccccc2)c2ccccc2)cn1. The minimum Gasteiger partial charge on any atom is -0.347 e. The smallest absolute Gasteiger partial charge is 0.320 e. The molecule has 1 heterocycles. The number of carbonyl (C=O) groups excluding carboxylic acids is 1. The first-order chi connectivity index (χ1) is 13.0. The Morgan fingerprint density at radius 2 is 1.37 bits per heavy atom. The molecule has 0 aliphatic rings. The number of benzene rings is 2. The largest absolute Gasteiger partial charge is 0.347 e. The first kappa shape index (κ1) is 18.4. The molecule has 1 aromatic heterocycles. The van der Waals surface area contributed by atoms with Gasteiger partial charge in [0.05, 0.1) is 23.6 Å². The molecular formula is C21H23N5O. The van der Waals surface area contributed by atoms with Crippen LogP contribution in [0.1, 0.15) is 18.1 Å². The van der Waals surface area contributed by atoms with Crippen molar-refractivity contribution in [1.82, 2.24) is 15.3 Å². The highest BCUT2D eigenvalue weighted by Gasteiger charge is 2.30. The van der Waals surface area contributed by atoms with Crippen molar-refractivity contribution in [1.29, 1.82) is 0 Å². The zero-order valence-electron chi connectivity index (χ0n) is 15.7. The molecule has 0 aliphatic heterocycles. The highest BCUT2D eigenvalue weighted by atomic mass is 16.2. The molecule has 6 nitrogen and oxygen atoms in total. The van der Waals surface area contributed by atoms with Gasteiger partial charge in [-0.05, 0) is 18.1 Å². The summed E-state index contributed by atoms with van der Waals surface area (Å²) in [5.74, 6) is 0.583. The molecule has 0 spiro atoms. The van der Waals surface area contributed by atoms with Crippen LogP contribution in [-0.2, 0) is 5.54 Å². The molecule has 0 fully saturated rings. The fraction of sp³-hybridized carbons (Fsp3) is 0.190. The molecule has 2 N–H and O–H groups in total. The quantitative estimate of drug-likeness (QED) is 0.728. The second-order valence-corrected chi connectivity index (χ2v) is 6.60. The monoisotopic (exact) mass is 361 g/mol. The van der Waals surface area contributed by atoms with Gasteiger partial charge >= 0.3 is 6.03 Å². The number of hydrogen-bond acceptors (Lipinski definition) is 4. The summed E-state index contributed by atoms with van der Waals surface area (Å²) in [6, 6.07) is 19.4. The number of nitrogens with one attached hydrogen (secondary N) is 2. The van der Waals surface area contributed by atoms with E-state index in [9.17, 15) is 4.79 Å². The van der Waals surface area contributed by atoms with Gasteiger partial charge < -0.3 is 15.5 Å². The predicted octanol–water partition coefficient (Wildman–Crippen LogP) is 3.63. The molecular weight excluding hydrogens is 338 g/mol. The third-order valence-electron chi connectivity index (χ3n) is 4.36. The highest BCUT2D eigenvalue weighted by molar-refractivity contribution is 5.90. The third kappa shape index (κ3) is 4.23. The summed E-state index contributed by atoms with van der Waals surface area (Å²) in [5, 5.41) is 5.91. The van der Waals surface area contributed by atoms with Crippen LogP contribution in [0.3, 0.4) is 0 Å². The Bertz CT molecular complexity index is 840. The van der Waals surface area contributed by atoms with Crippen molar-refractivity contribution in [2.45, 2.75) is 12.5 Å². The number of urea groups is 1. The summed E-state index contributed by atoms with van der Waals surface area (Å²) >= 11 is 0. The van der Waals surface area contributed by atoms with Gasteiger partial charge in [-0.15, -0.1) is 0 Å². The maximum Gasteiger partial charge on any atom is 0.320 e. The summed E-state index contributed by atoms with van der Waals surface area (Å²) in [7, 11) is 3.72. The van der Waals surface area contributed by atoms with Gasteiger partial charge in [0.25, 0.3) is 0 Å². The second-order valence-electron chi connectivity index (χ2n) is 6.60. The van der Waals surface area contributed by atoms with Gasteiger partial charge in [0.15, 0.2) is 0 Å². The summed E-state index contributed by atoms with van der Waals surface area (Å²) in [6.45, 7) is 1.99. The minimum atomic E-state index is -0.683. The normalized spacial score (nSPS) is 10.9. The molecule has 0 radical (unpaired) electrons. The lowest BCUT2D eigenvalue weighted by Crippen LogP contribution is -2.46. The van der Waals surface area contributed by atoms with E-state index in [2.05, 4.69) is 20.6 Å². The van der Waals surface area contributed by atoms with Crippen LogP contribution in [0.5, 0.6) is 0 Å². The predicted molar refractivity (Wildman–Crippen MR) is 108 cm³/mol. The van der Waals surface area contributed by atoms with Gasteiger partial charge in [-0.2, -0.15) is 0 Å². The van der Waals surface area contributed by atoms with Crippen LogP contribution in [0.25, 0.3) is 0 Å². The highest BCUT2D eigenvalue weighted by Crippen LogP contribution is 2.29. The number of carbonyl (C=O) groups is 1. The van der Waals surface area contributed by atoms with E-state index in [-0.39, 0.29) is 6.03 Å². The van der Waals surface area contributed by atoms with Crippen molar-refractivity contribution < 1.29 is 4.79 Å². The number of amides is 2. The molecule has 27 heavy (non-hydrogen) atoms. The zero-order valence-corrected chi connectivity index (χ0v) is 15.7. The van der Waals surface area contributed by atoms with Crippen molar-refractivity contribution in [3.8, 4) is 0 Å². The molecule has 0 bridgehead atoms. The molecule has 0 unspecified atom stereocenters. The average molecular weight is 361 g/mol. The van der Waals surface area contributed by atoms with Gasteiger partial charge in [-0.25, -0.2) is 14.8 Å². The van der Waals surface area contributed by atoms with Crippen LogP contribution in [0.15, 0.2) is 73.1 Å². The van der Waals surface area contributed by atoms with E-state index in [1.807, 2.05) is 81.7 Å². The number of anilines is 2. The van der Waals surface area contributed by atoms with Gasteiger partial charge in [0, 0.05) is 14.1 Å².